The van der Waals surface area contributed by atoms with Crippen molar-refractivity contribution in [1.82, 2.24) is 4.98 Å². The number of pyridine rings is 1. The van der Waals surface area contributed by atoms with Crippen LogP contribution in [-0.2, 0) is 4.74 Å². The number of hydrogen-bond donors (Lipinski definition) is 1. The molecule has 0 saturated carbocycles. The van der Waals surface area contributed by atoms with E-state index in [1.165, 1.54) is 19.5 Å². The number of aromatic nitrogens is 1. The molecule has 0 radical (unpaired) electrons. The van der Waals surface area contributed by atoms with E-state index >= 15 is 0 Å². The SMILES string of the molecule is COCOc1cncc(Cl)c1C(C)O. The number of rotatable bonds is 4. The summed E-state index contributed by atoms with van der Waals surface area (Å²) < 4.78 is 9.94. The van der Waals surface area contributed by atoms with E-state index in [0.29, 0.717) is 16.3 Å². The average Bonchev–Trinajstić information content (AvgIpc) is 2.14. The summed E-state index contributed by atoms with van der Waals surface area (Å²) in [7, 11) is 1.51. The van der Waals surface area contributed by atoms with Crippen molar-refractivity contribution >= 4 is 11.6 Å². The molecule has 78 valence electrons. The number of nitrogens with zero attached hydrogens (tertiary/aromatic N) is 1. The van der Waals surface area contributed by atoms with Gasteiger partial charge >= 0.3 is 0 Å². The van der Waals surface area contributed by atoms with Crippen molar-refractivity contribution in [1.29, 1.82) is 0 Å². The fourth-order valence-electron chi connectivity index (χ4n) is 1.07. The number of hydrogen-bond acceptors (Lipinski definition) is 4. The van der Waals surface area contributed by atoms with Crippen LogP contribution in [0.15, 0.2) is 12.4 Å². The molecule has 1 atom stereocenters. The summed E-state index contributed by atoms with van der Waals surface area (Å²) in [6.07, 6.45) is 2.26. The van der Waals surface area contributed by atoms with Crippen molar-refractivity contribution in [2.24, 2.45) is 0 Å². The summed E-state index contributed by atoms with van der Waals surface area (Å²) in [4.78, 5) is 3.86. The predicted octanol–water partition coefficient (Wildman–Crippen LogP) is 1.77. The Morgan fingerprint density at radius 3 is 2.86 bits per heavy atom. The van der Waals surface area contributed by atoms with Crippen LogP contribution >= 0.6 is 11.6 Å². The van der Waals surface area contributed by atoms with Gasteiger partial charge in [0.2, 0.25) is 0 Å². The van der Waals surface area contributed by atoms with Crippen LogP contribution in [0.1, 0.15) is 18.6 Å². The predicted molar refractivity (Wildman–Crippen MR) is 52.4 cm³/mol. The molecule has 0 aliphatic heterocycles. The van der Waals surface area contributed by atoms with E-state index in [0.717, 1.165) is 0 Å². The summed E-state index contributed by atoms with van der Waals surface area (Å²) in [5.41, 5.74) is 0.527. The van der Waals surface area contributed by atoms with Crippen molar-refractivity contribution in [2.75, 3.05) is 13.9 Å². The Labute approximate surface area is 87.4 Å². The standard InChI is InChI=1S/C9H12ClNO3/c1-6(12)9-7(10)3-11-4-8(9)14-5-13-2/h3-4,6,12H,5H2,1-2H3. The summed E-state index contributed by atoms with van der Waals surface area (Å²) in [5, 5.41) is 9.83. The van der Waals surface area contributed by atoms with E-state index in [4.69, 9.17) is 21.1 Å². The zero-order valence-electron chi connectivity index (χ0n) is 8.03. The first-order valence-electron chi connectivity index (χ1n) is 4.10. The van der Waals surface area contributed by atoms with Crippen molar-refractivity contribution in [3.8, 4) is 5.75 Å². The number of ether oxygens (including phenoxy) is 2. The Bertz CT molecular complexity index is 304. The molecule has 0 aliphatic rings. The molecule has 0 saturated heterocycles. The van der Waals surface area contributed by atoms with Crippen LogP contribution in [0.4, 0.5) is 0 Å². The number of aliphatic hydroxyl groups excluding tert-OH is 1. The first-order valence-corrected chi connectivity index (χ1v) is 4.47. The molecule has 0 aromatic carbocycles. The normalized spacial score (nSPS) is 12.6. The minimum absolute atomic E-state index is 0.0990. The van der Waals surface area contributed by atoms with E-state index in [9.17, 15) is 5.11 Å². The van der Waals surface area contributed by atoms with Gasteiger partial charge in [-0.2, -0.15) is 0 Å². The Hall–Kier alpha value is -0.840. The fraction of sp³-hybridized carbons (Fsp3) is 0.444. The zero-order chi connectivity index (χ0) is 10.6. The van der Waals surface area contributed by atoms with Gasteiger partial charge in [0.25, 0.3) is 0 Å². The van der Waals surface area contributed by atoms with Gasteiger partial charge < -0.3 is 14.6 Å². The van der Waals surface area contributed by atoms with Gasteiger partial charge in [0.05, 0.1) is 17.3 Å². The third-order valence-electron chi connectivity index (χ3n) is 1.65. The monoisotopic (exact) mass is 217 g/mol. The van der Waals surface area contributed by atoms with Gasteiger partial charge in [0.1, 0.15) is 5.75 Å². The summed E-state index contributed by atoms with van der Waals surface area (Å²) in [6, 6.07) is 0. The molecule has 1 unspecified atom stereocenters. The lowest BCUT2D eigenvalue weighted by Crippen LogP contribution is -2.04. The van der Waals surface area contributed by atoms with Gasteiger partial charge in [-0.05, 0) is 6.92 Å². The highest BCUT2D eigenvalue weighted by Crippen LogP contribution is 2.30. The van der Waals surface area contributed by atoms with E-state index in [1.54, 1.807) is 6.92 Å². The van der Waals surface area contributed by atoms with Crippen LogP contribution in [0.5, 0.6) is 5.75 Å². The molecule has 1 N–H and O–H groups in total. The molecule has 0 amide bonds. The molecule has 1 heterocycles. The van der Waals surface area contributed by atoms with E-state index in [2.05, 4.69) is 4.98 Å². The summed E-state index contributed by atoms with van der Waals surface area (Å²) in [6.45, 7) is 1.71. The van der Waals surface area contributed by atoms with Crippen LogP contribution in [0, 0.1) is 0 Å². The van der Waals surface area contributed by atoms with E-state index < -0.39 is 6.10 Å². The van der Waals surface area contributed by atoms with Crippen LogP contribution in [0.3, 0.4) is 0 Å². The van der Waals surface area contributed by atoms with Gasteiger partial charge in [0.15, 0.2) is 6.79 Å². The first kappa shape index (κ1) is 11.2. The maximum Gasteiger partial charge on any atom is 0.188 e. The number of aliphatic hydroxyl groups is 1. The Balaban J connectivity index is 2.96. The third-order valence-corrected chi connectivity index (χ3v) is 1.95. The summed E-state index contributed by atoms with van der Waals surface area (Å²) >= 11 is 5.86. The lowest BCUT2D eigenvalue weighted by atomic mass is 10.1. The highest BCUT2D eigenvalue weighted by Gasteiger charge is 2.13. The van der Waals surface area contributed by atoms with Crippen molar-refractivity contribution in [2.45, 2.75) is 13.0 Å². The lowest BCUT2D eigenvalue weighted by molar-refractivity contribution is 0.0481. The van der Waals surface area contributed by atoms with Gasteiger partial charge in [-0.1, -0.05) is 11.6 Å². The minimum Gasteiger partial charge on any atom is -0.465 e. The maximum absolute atomic E-state index is 9.45. The smallest absolute Gasteiger partial charge is 0.188 e. The first-order chi connectivity index (χ1) is 6.66. The zero-order valence-corrected chi connectivity index (χ0v) is 8.78. The molecule has 14 heavy (non-hydrogen) atoms. The highest BCUT2D eigenvalue weighted by molar-refractivity contribution is 6.31. The van der Waals surface area contributed by atoms with Gasteiger partial charge in [-0.15, -0.1) is 0 Å². The minimum atomic E-state index is -0.697. The largest absolute Gasteiger partial charge is 0.465 e. The second-order valence-electron chi connectivity index (χ2n) is 2.76. The molecule has 0 fully saturated rings. The molecular weight excluding hydrogens is 206 g/mol. The lowest BCUT2D eigenvalue weighted by Gasteiger charge is -2.13. The average molecular weight is 218 g/mol. The number of methoxy groups -OCH3 is 1. The van der Waals surface area contributed by atoms with E-state index in [-0.39, 0.29) is 6.79 Å². The topological polar surface area (TPSA) is 51.6 Å². The second kappa shape index (κ2) is 5.14. The van der Waals surface area contributed by atoms with Crippen molar-refractivity contribution < 1.29 is 14.6 Å². The summed E-state index contributed by atoms with van der Waals surface area (Å²) in [5.74, 6) is 0.439. The molecule has 5 heteroatoms. The fourth-order valence-corrected chi connectivity index (χ4v) is 1.38. The second-order valence-corrected chi connectivity index (χ2v) is 3.17. The van der Waals surface area contributed by atoms with Crippen molar-refractivity contribution in [3.63, 3.8) is 0 Å². The van der Waals surface area contributed by atoms with Crippen molar-refractivity contribution in [3.05, 3.63) is 23.0 Å². The molecule has 1 rings (SSSR count). The Kier molecular flexibility index (Phi) is 4.13. The molecule has 1 aromatic rings. The highest BCUT2D eigenvalue weighted by atomic mass is 35.5. The maximum atomic E-state index is 9.45. The third kappa shape index (κ3) is 2.57. The number of halogens is 1. The van der Waals surface area contributed by atoms with Crippen LogP contribution in [-0.4, -0.2) is 24.0 Å². The molecule has 0 bridgehead atoms. The van der Waals surface area contributed by atoms with E-state index in [1.807, 2.05) is 0 Å². The van der Waals surface area contributed by atoms with Gasteiger partial charge in [0, 0.05) is 18.9 Å². The molecule has 0 aliphatic carbocycles. The quantitative estimate of drug-likeness (QED) is 0.781. The van der Waals surface area contributed by atoms with Crippen LogP contribution in [0.25, 0.3) is 0 Å². The van der Waals surface area contributed by atoms with Crippen LogP contribution < -0.4 is 4.74 Å². The Morgan fingerprint density at radius 1 is 1.57 bits per heavy atom. The van der Waals surface area contributed by atoms with Gasteiger partial charge in [-0.3, -0.25) is 4.98 Å². The molecule has 0 spiro atoms. The molecule has 4 nitrogen and oxygen atoms in total. The molecule has 1 aromatic heterocycles. The Morgan fingerprint density at radius 2 is 2.29 bits per heavy atom. The van der Waals surface area contributed by atoms with Gasteiger partial charge in [-0.25, -0.2) is 0 Å². The molecular formula is C9H12ClNO3. The van der Waals surface area contributed by atoms with Crippen LogP contribution in [0.2, 0.25) is 5.02 Å².